The van der Waals surface area contributed by atoms with Crippen LogP contribution in [0.2, 0.25) is 0 Å². The van der Waals surface area contributed by atoms with Gasteiger partial charge < -0.3 is 15.0 Å². The lowest BCUT2D eigenvalue weighted by Crippen LogP contribution is -2.48. The topological polar surface area (TPSA) is 112 Å². The number of ether oxygens (including phenoxy) is 1. The molecule has 0 aliphatic carbocycles. The maximum atomic E-state index is 15.3. The number of carbonyl (C=O) groups excluding carboxylic acids is 1. The van der Waals surface area contributed by atoms with Crippen LogP contribution in [0, 0.1) is 23.0 Å². The summed E-state index contributed by atoms with van der Waals surface area (Å²) in [7, 11) is -0.665. The lowest BCUT2D eigenvalue weighted by atomic mass is 9.99. The van der Waals surface area contributed by atoms with E-state index < -0.39 is 32.2 Å². The molecule has 12 heteroatoms. The van der Waals surface area contributed by atoms with Gasteiger partial charge in [0.25, 0.3) is 15.9 Å². The Kier molecular flexibility index (Phi) is 10.7. The second-order valence-electron chi connectivity index (χ2n) is 9.96. The predicted molar refractivity (Wildman–Crippen MR) is 147 cm³/mol. The van der Waals surface area contributed by atoms with Crippen LogP contribution < -0.4 is 10.0 Å². The number of nitrogens with zero attached hydrogens (tertiary/aromatic N) is 2. The van der Waals surface area contributed by atoms with Crippen LogP contribution >= 0.6 is 11.8 Å². The molecule has 0 bridgehead atoms. The zero-order valence-electron chi connectivity index (χ0n) is 22.3. The normalized spacial score (nSPS) is 18.7. The van der Waals surface area contributed by atoms with E-state index in [4.69, 9.17) is 4.74 Å². The molecule has 1 saturated heterocycles. The predicted octanol–water partition coefficient (Wildman–Crippen LogP) is 4.52. The van der Waals surface area contributed by atoms with E-state index in [1.807, 2.05) is 29.8 Å². The Labute approximate surface area is 233 Å². The first-order chi connectivity index (χ1) is 18.4. The highest BCUT2D eigenvalue weighted by Crippen LogP contribution is 2.29. The van der Waals surface area contributed by atoms with Gasteiger partial charge in [0, 0.05) is 23.3 Å². The van der Waals surface area contributed by atoms with E-state index in [0.717, 1.165) is 29.9 Å². The number of nitriles is 1. The number of nitrogens with one attached hydrogen (secondary N) is 2. The van der Waals surface area contributed by atoms with E-state index in [9.17, 15) is 22.9 Å². The molecule has 2 aromatic rings. The Bertz CT molecular complexity index is 1290. The summed E-state index contributed by atoms with van der Waals surface area (Å²) in [4.78, 5) is 15.1. The minimum Gasteiger partial charge on any atom is -0.378 e. The molecule has 39 heavy (non-hydrogen) atoms. The zero-order valence-corrected chi connectivity index (χ0v) is 23.9. The van der Waals surface area contributed by atoms with Crippen molar-refractivity contribution in [1.29, 1.82) is 5.26 Å². The molecule has 0 unspecified atom stereocenters. The van der Waals surface area contributed by atoms with Crippen LogP contribution in [-0.2, 0) is 19.6 Å². The summed E-state index contributed by atoms with van der Waals surface area (Å²) >= 11 is 1.45. The van der Waals surface area contributed by atoms with Crippen molar-refractivity contribution in [3.05, 3.63) is 53.6 Å². The molecule has 1 fully saturated rings. The van der Waals surface area contributed by atoms with Crippen molar-refractivity contribution in [2.45, 2.75) is 60.5 Å². The Balaban J connectivity index is 1.81. The smallest absolute Gasteiger partial charge is 0.265 e. The number of halogens is 2. The van der Waals surface area contributed by atoms with Crippen LogP contribution in [0.4, 0.5) is 14.5 Å². The number of hydrogen-bond donors (Lipinski definition) is 2. The SMILES string of the molecule is CN(C)CC[C@H](CSc1ccc(F)cc1)Nc1c(F)cc(S(=O)(=O)NC(=O)[C@@]2(C)CCCCCO2)cc1C#N. The number of anilines is 1. The zero-order chi connectivity index (χ0) is 28.6. The molecule has 0 aromatic heterocycles. The lowest BCUT2D eigenvalue weighted by Gasteiger charge is -2.26. The molecule has 212 valence electrons. The van der Waals surface area contributed by atoms with E-state index >= 15 is 4.39 Å². The van der Waals surface area contributed by atoms with Crippen molar-refractivity contribution in [1.82, 2.24) is 9.62 Å². The maximum Gasteiger partial charge on any atom is 0.265 e. The van der Waals surface area contributed by atoms with Gasteiger partial charge in [-0.05, 0) is 89.6 Å². The monoisotopic (exact) mass is 580 g/mol. The molecular weight excluding hydrogens is 546 g/mol. The first kappa shape index (κ1) is 30.8. The summed E-state index contributed by atoms with van der Waals surface area (Å²) in [6.07, 6.45) is 3.32. The van der Waals surface area contributed by atoms with E-state index in [0.29, 0.717) is 38.2 Å². The van der Waals surface area contributed by atoms with Gasteiger partial charge in [0.1, 0.15) is 23.3 Å². The number of benzene rings is 2. The number of amides is 1. The van der Waals surface area contributed by atoms with E-state index in [1.54, 1.807) is 12.1 Å². The van der Waals surface area contributed by atoms with Gasteiger partial charge in [-0.25, -0.2) is 21.9 Å². The van der Waals surface area contributed by atoms with Crippen LogP contribution in [-0.4, -0.2) is 63.9 Å². The minimum absolute atomic E-state index is 0.120. The summed E-state index contributed by atoms with van der Waals surface area (Å²) in [5, 5.41) is 12.8. The van der Waals surface area contributed by atoms with Gasteiger partial charge in [0.15, 0.2) is 0 Å². The van der Waals surface area contributed by atoms with Gasteiger partial charge in [0.2, 0.25) is 0 Å². The number of thioether (sulfide) groups is 1. The summed E-state index contributed by atoms with van der Waals surface area (Å²) < 4.78 is 62.2. The highest BCUT2D eigenvalue weighted by molar-refractivity contribution is 7.99. The molecule has 8 nitrogen and oxygen atoms in total. The summed E-state index contributed by atoms with van der Waals surface area (Å²) in [5.74, 6) is -1.62. The minimum atomic E-state index is -4.47. The molecule has 0 radical (unpaired) electrons. The Hall–Kier alpha value is -2.72. The molecular formula is C27H34F2N4O4S2. The fourth-order valence-electron chi connectivity index (χ4n) is 4.09. The van der Waals surface area contributed by atoms with Crippen LogP contribution in [0.1, 0.15) is 44.6 Å². The van der Waals surface area contributed by atoms with Gasteiger partial charge in [-0.3, -0.25) is 4.79 Å². The number of rotatable bonds is 11. The second kappa shape index (κ2) is 13.6. The first-order valence-electron chi connectivity index (χ1n) is 12.7. The van der Waals surface area contributed by atoms with Crippen molar-refractivity contribution in [2.24, 2.45) is 0 Å². The standard InChI is InChI=1S/C27H34F2N4O4S2/c1-27(12-5-4-6-14-37-27)26(34)32-39(35,36)23-15-19(17-30)25(24(29)16-23)31-21(11-13-33(2)3)18-38-22-9-7-20(28)8-10-22/h7-10,15-16,21,31H,4-6,11-14,18H2,1-3H3,(H,32,34)/t21-,27-/m1/s1. The Morgan fingerprint density at radius 3 is 2.59 bits per heavy atom. The highest BCUT2D eigenvalue weighted by atomic mass is 32.2. The maximum absolute atomic E-state index is 15.3. The van der Waals surface area contributed by atoms with E-state index in [-0.39, 0.29) is 23.1 Å². The van der Waals surface area contributed by atoms with Crippen molar-refractivity contribution >= 4 is 33.4 Å². The van der Waals surface area contributed by atoms with Gasteiger partial charge in [-0.15, -0.1) is 11.8 Å². The first-order valence-corrected chi connectivity index (χ1v) is 15.1. The average Bonchev–Trinajstić information content (AvgIpc) is 3.12. The van der Waals surface area contributed by atoms with Crippen LogP contribution in [0.5, 0.6) is 0 Å². The van der Waals surface area contributed by atoms with Crippen LogP contribution in [0.3, 0.4) is 0 Å². The van der Waals surface area contributed by atoms with Crippen molar-refractivity contribution in [3.63, 3.8) is 0 Å². The quantitative estimate of drug-likeness (QED) is 0.374. The van der Waals surface area contributed by atoms with E-state index in [2.05, 4.69) is 5.32 Å². The fourth-order valence-corrected chi connectivity index (χ4v) is 6.18. The molecule has 2 aromatic carbocycles. The van der Waals surface area contributed by atoms with Gasteiger partial charge in [-0.1, -0.05) is 6.42 Å². The van der Waals surface area contributed by atoms with Crippen molar-refractivity contribution in [3.8, 4) is 6.07 Å². The largest absolute Gasteiger partial charge is 0.378 e. The molecule has 3 rings (SSSR count). The third kappa shape index (κ3) is 8.63. The summed E-state index contributed by atoms with van der Waals surface area (Å²) in [6, 6.07) is 9.44. The molecule has 1 aliphatic heterocycles. The molecule has 1 heterocycles. The fraction of sp³-hybridized carbons (Fsp3) is 0.481. The molecule has 0 spiro atoms. The number of carbonyl (C=O) groups is 1. The second-order valence-corrected chi connectivity index (χ2v) is 12.7. The van der Waals surface area contributed by atoms with Crippen molar-refractivity contribution < 1.29 is 26.7 Å². The molecule has 2 N–H and O–H groups in total. The van der Waals surface area contributed by atoms with Gasteiger partial charge in [0.05, 0.1) is 16.1 Å². The molecule has 1 amide bonds. The van der Waals surface area contributed by atoms with E-state index in [1.165, 1.54) is 30.8 Å². The number of sulfonamides is 1. The Morgan fingerprint density at radius 2 is 1.92 bits per heavy atom. The molecule has 1 aliphatic rings. The average molecular weight is 581 g/mol. The molecule has 2 atom stereocenters. The Morgan fingerprint density at radius 1 is 1.21 bits per heavy atom. The van der Waals surface area contributed by atoms with Crippen molar-refractivity contribution in [2.75, 3.05) is 38.3 Å². The third-order valence-electron chi connectivity index (χ3n) is 6.46. The summed E-state index contributed by atoms with van der Waals surface area (Å²) in [5.41, 5.74) is -1.64. The third-order valence-corrected chi connectivity index (χ3v) is 8.94. The lowest BCUT2D eigenvalue weighted by molar-refractivity contribution is -0.142. The van der Waals surface area contributed by atoms with Crippen LogP contribution in [0.25, 0.3) is 0 Å². The number of hydrogen-bond acceptors (Lipinski definition) is 8. The highest BCUT2D eigenvalue weighted by Gasteiger charge is 2.38. The molecule has 0 saturated carbocycles. The summed E-state index contributed by atoms with van der Waals surface area (Å²) in [6.45, 7) is 2.55. The van der Waals surface area contributed by atoms with Gasteiger partial charge in [-0.2, -0.15) is 5.26 Å². The van der Waals surface area contributed by atoms with Crippen LogP contribution in [0.15, 0.2) is 46.2 Å². The van der Waals surface area contributed by atoms with Gasteiger partial charge >= 0.3 is 0 Å².